The van der Waals surface area contributed by atoms with Crippen molar-refractivity contribution < 1.29 is 27.6 Å². The SMILES string of the molecule is COCc1cc(CNS(=O)(=O)c2cnn(C)c2C(=O)O)no1. The lowest BCUT2D eigenvalue weighted by Gasteiger charge is -2.04. The van der Waals surface area contributed by atoms with Crippen molar-refractivity contribution in [1.82, 2.24) is 19.7 Å². The van der Waals surface area contributed by atoms with Crippen LogP contribution < -0.4 is 4.72 Å². The molecule has 0 aliphatic heterocycles. The number of aromatic carboxylic acids is 1. The molecule has 0 radical (unpaired) electrons. The van der Waals surface area contributed by atoms with Gasteiger partial charge in [0.2, 0.25) is 10.0 Å². The van der Waals surface area contributed by atoms with Gasteiger partial charge < -0.3 is 14.4 Å². The van der Waals surface area contributed by atoms with Gasteiger partial charge in [0, 0.05) is 20.2 Å². The second-order valence-electron chi connectivity index (χ2n) is 4.33. The largest absolute Gasteiger partial charge is 0.476 e. The van der Waals surface area contributed by atoms with Gasteiger partial charge in [0.1, 0.15) is 11.5 Å². The van der Waals surface area contributed by atoms with Crippen LogP contribution in [0.2, 0.25) is 0 Å². The summed E-state index contributed by atoms with van der Waals surface area (Å²) >= 11 is 0. The molecule has 120 valence electrons. The number of carboxylic acids is 1. The summed E-state index contributed by atoms with van der Waals surface area (Å²) in [4.78, 5) is 10.7. The monoisotopic (exact) mass is 330 g/mol. The summed E-state index contributed by atoms with van der Waals surface area (Å²) in [5, 5.41) is 16.4. The molecular formula is C11H14N4O6S. The van der Waals surface area contributed by atoms with Gasteiger partial charge in [0.15, 0.2) is 11.5 Å². The first-order chi connectivity index (χ1) is 10.3. The molecule has 2 N–H and O–H groups in total. The van der Waals surface area contributed by atoms with Crippen molar-refractivity contribution in [2.45, 2.75) is 18.0 Å². The molecule has 0 bridgehead atoms. The van der Waals surface area contributed by atoms with E-state index in [9.17, 15) is 13.2 Å². The Morgan fingerprint density at radius 3 is 2.91 bits per heavy atom. The first-order valence-electron chi connectivity index (χ1n) is 6.03. The van der Waals surface area contributed by atoms with Crippen LogP contribution in [0.3, 0.4) is 0 Å². The van der Waals surface area contributed by atoms with Gasteiger partial charge in [0.25, 0.3) is 0 Å². The Kier molecular flexibility index (Phi) is 4.59. The third-order valence-corrected chi connectivity index (χ3v) is 4.14. The summed E-state index contributed by atoms with van der Waals surface area (Å²) in [7, 11) is -1.21. The fraction of sp³-hybridized carbons (Fsp3) is 0.364. The van der Waals surface area contributed by atoms with Crippen LogP contribution in [-0.2, 0) is 35.0 Å². The van der Waals surface area contributed by atoms with E-state index in [4.69, 9.17) is 14.4 Å². The Morgan fingerprint density at radius 2 is 2.27 bits per heavy atom. The summed E-state index contributed by atoms with van der Waals surface area (Å²) in [6.45, 7) is 0.0645. The van der Waals surface area contributed by atoms with E-state index in [0.717, 1.165) is 10.9 Å². The maximum atomic E-state index is 12.2. The number of hydrogen-bond donors (Lipinski definition) is 2. The Bertz CT molecular complexity index is 778. The van der Waals surface area contributed by atoms with Gasteiger partial charge in [-0.15, -0.1) is 0 Å². The summed E-state index contributed by atoms with van der Waals surface area (Å²) in [6.07, 6.45) is 0.977. The lowest BCUT2D eigenvalue weighted by atomic mass is 10.4. The van der Waals surface area contributed by atoms with Crippen molar-refractivity contribution in [2.24, 2.45) is 7.05 Å². The highest BCUT2D eigenvalue weighted by molar-refractivity contribution is 7.89. The zero-order chi connectivity index (χ0) is 16.3. The first kappa shape index (κ1) is 16.1. The number of methoxy groups -OCH3 is 1. The zero-order valence-corrected chi connectivity index (χ0v) is 12.6. The Balaban J connectivity index is 2.16. The van der Waals surface area contributed by atoms with E-state index in [-0.39, 0.29) is 13.2 Å². The second-order valence-corrected chi connectivity index (χ2v) is 6.06. The fourth-order valence-corrected chi connectivity index (χ4v) is 2.91. The van der Waals surface area contributed by atoms with Crippen molar-refractivity contribution in [3.63, 3.8) is 0 Å². The maximum Gasteiger partial charge on any atom is 0.355 e. The average molecular weight is 330 g/mol. The van der Waals surface area contributed by atoms with Crippen molar-refractivity contribution in [3.05, 3.63) is 29.4 Å². The van der Waals surface area contributed by atoms with Crippen molar-refractivity contribution in [1.29, 1.82) is 0 Å². The molecule has 10 nitrogen and oxygen atoms in total. The summed E-state index contributed by atoms with van der Waals surface area (Å²) < 4.78 is 37.3. The predicted octanol–water partition coefficient (Wildman–Crippen LogP) is -0.269. The highest BCUT2D eigenvalue weighted by atomic mass is 32.2. The molecule has 11 heteroatoms. The van der Waals surface area contributed by atoms with Crippen molar-refractivity contribution in [3.8, 4) is 0 Å². The zero-order valence-electron chi connectivity index (χ0n) is 11.8. The third kappa shape index (κ3) is 3.32. The molecule has 0 aliphatic rings. The number of aryl methyl sites for hydroxylation is 1. The molecule has 2 rings (SSSR count). The molecule has 22 heavy (non-hydrogen) atoms. The van der Waals surface area contributed by atoms with Gasteiger partial charge in [-0.1, -0.05) is 5.16 Å². The predicted molar refractivity (Wildman–Crippen MR) is 71.4 cm³/mol. The molecule has 0 spiro atoms. The van der Waals surface area contributed by atoms with E-state index in [1.54, 1.807) is 0 Å². The Hall–Kier alpha value is -2.24. The lowest BCUT2D eigenvalue weighted by molar-refractivity contribution is 0.0680. The van der Waals surface area contributed by atoms with Crippen LogP contribution in [0.1, 0.15) is 21.9 Å². The van der Waals surface area contributed by atoms with Crippen LogP contribution in [0.25, 0.3) is 0 Å². The van der Waals surface area contributed by atoms with Crippen molar-refractivity contribution >= 4 is 16.0 Å². The first-order valence-corrected chi connectivity index (χ1v) is 7.52. The van der Waals surface area contributed by atoms with Gasteiger partial charge in [-0.3, -0.25) is 4.68 Å². The minimum Gasteiger partial charge on any atom is -0.476 e. The van der Waals surface area contributed by atoms with E-state index in [2.05, 4.69) is 15.0 Å². The van der Waals surface area contributed by atoms with Crippen molar-refractivity contribution in [2.75, 3.05) is 7.11 Å². The molecule has 2 aromatic rings. The number of nitrogens with zero attached hydrogens (tertiary/aromatic N) is 3. The minimum atomic E-state index is -4.04. The van der Waals surface area contributed by atoms with Gasteiger partial charge in [-0.05, 0) is 0 Å². The highest BCUT2D eigenvalue weighted by Crippen LogP contribution is 2.15. The quantitative estimate of drug-likeness (QED) is 0.708. The molecule has 0 amide bonds. The molecule has 0 aromatic carbocycles. The van der Waals surface area contributed by atoms with Crippen LogP contribution in [0.15, 0.2) is 21.7 Å². The molecule has 0 fully saturated rings. The number of nitrogens with one attached hydrogen (secondary N) is 1. The Morgan fingerprint density at radius 1 is 1.55 bits per heavy atom. The molecule has 0 atom stereocenters. The van der Waals surface area contributed by atoms with Crippen LogP contribution in [0, 0.1) is 0 Å². The topological polar surface area (TPSA) is 137 Å². The number of carboxylic acid groups (broad SMARTS) is 1. The molecule has 2 heterocycles. The minimum absolute atomic E-state index is 0.149. The number of hydrogen-bond acceptors (Lipinski definition) is 7. The number of aromatic nitrogens is 3. The standard InChI is InChI=1S/C11H14N4O6S/c1-15-10(11(16)17)9(5-12-15)22(18,19)13-4-7-3-8(6-20-2)21-14-7/h3,5,13H,4,6H2,1-2H3,(H,16,17). The van der Waals surface area contributed by atoms with Gasteiger partial charge in [0.05, 0.1) is 18.4 Å². The molecule has 0 aliphatic carbocycles. The normalized spacial score (nSPS) is 11.7. The molecule has 0 unspecified atom stereocenters. The summed E-state index contributed by atoms with van der Waals surface area (Å²) in [5.41, 5.74) is -0.0795. The summed E-state index contributed by atoms with van der Waals surface area (Å²) in [6, 6.07) is 1.54. The number of ether oxygens (including phenoxy) is 1. The van der Waals surface area contributed by atoms with Gasteiger partial charge in [-0.2, -0.15) is 5.10 Å². The number of carbonyl (C=O) groups is 1. The van der Waals surface area contributed by atoms with E-state index in [1.807, 2.05) is 0 Å². The van der Waals surface area contributed by atoms with Crippen LogP contribution in [0.5, 0.6) is 0 Å². The van der Waals surface area contributed by atoms with Gasteiger partial charge >= 0.3 is 5.97 Å². The van der Waals surface area contributed by atoms with Crippen LogP contribution >= 0.6 is 0 Å². The average Bonchev–Trinajstić information content (AvgIpc) is 3.04. The van der Waals surface area contributed by atoms with E-state index in [0.29, 0.717) is 11.5 Å². The molecule has 0 saturated carbocycles. The highest BCUT2D eigenvalue weighted by Gasteiger charge is 2.26. The van der Waals surface area contributed by atoms with Crippen LogP contribution in [-0.4, -0.2) is 41.5 Å². The lowest BCUT2D eigenvalue weighted by Crippen LogP contribution is -2.25. The molecule has 2 aromatic heterocycles. The second kappa shape index (κ2) is 6.25. The van der Waals surface area contributed by atoms with E-state index < -0.39 is 26.6 Å². The fourth-order valence-electron chi connectivity index (χ4n) is 1.75. The van der Waals surface area contributed by atoms with E-state index >= 15 is 0 Å². The van der Waals surface area contributed by atoms with Gasteiger partial charge in [-0.25, -0.2) is 17.9 Å². The number of rotatable bonds is 7. The third-order valence-electron chi connectivity index (χ3n) is 2.73. The smallest absolute Gasteiger partial charge is 0.355 e. The number of sulfonamides is 1. The maximum absolute atomic E-state index is 12.2. The van der Waals surface area contributed by atoms with Crippen LogP contribution in [0.4, 0.5) is 0 Å². The Labute approximate surface area is 125 Å². The molecular weight excluding hydrogens is 316 g/mol. The molecule has 0 saturated heterocycles. The summed E-state index contributed by atoms with van der Waals surface area (Å²) in [5.74, 6) is -0.937. The van der Waals surface area contributed by atoms with E-state index in [1.165, 1.54) is 20.2 Å².